The molecule has 9 heteroatoms. The fourth-order valence-electron chi connectivity index (χ4n) is 3.27. The standard InChI is InChI=1S/C22H27N3O5S/c1-4-15(2)24-31(28,29)20-11-5-17(6-12-20)23-22(27)16-13-21(26)25(14-16)18-7-9-19(30-3)10-8-18/h5-12,15-16,24H,4,13-14H2,1-3H3,(H,23,27)/t15-,16-/m0/s1. The van der Waals surface area contributed by atoms with Gasteiger partial charge in [-0.15, -0.1) is 0 Å². The van der Waals surface area contributed by atoms with E-state index >= 15 is 0 Å². The van der Waals surface area contributed by atoms with Gasteiger partial charge in [0.1, 0.15) is 5.75 Å². The first-order valence-corrected chi connectivity index (χ1v) is 11.6. The third-order valence-electron chi connectivity index (χ3n) is 5.28. The summed E-state index contributed by atoms with van der Waals surface area (Å²) in [5.41, 5.74) is 1.19. The highest BCUT2D eigenvalue weighted by Gasteiger charge is 2.35. The summed E-state index contributed by atoms with van der Waals surface area (Å²) in [7, 11) is -2.04. The fourth-order valence-corrected chi connectivity index (χ4v) is 4.60. The lowest BCUT2D eigenvalue weighted by Crippen LogP contribution is -2.32. The van der Waals surface area contributed by atoms with Gasteiger partial charge in [0, 0.05) is 30.4 Å². The Kier molecular flexibility index (Phi) is 6.97. The van der Waals surface area contributed by atoms with Crippen LogP contribution < -0.4 is 19.7 Å². The Morgan fingerprint density at radius 3 is 2.39 bits per heavy atom. The highest BCUT2D eigenvalue weighted by molar-refractivity contribution is 7.89. The Hall–Kier alpha value is -2.91. The molecule has 0 bridgehead atoms. The number of amides is 2. The van der Waals surface area contributed by atoms with Gasteiger partial charge in [0.25, 0.3) is 0 Å². The molecule has 2 amide bonds. The quantitative estimate of drug-likeness (QED) is 0.650. The molecule has 0 unspecified atom stereocenters. The smallest absolute Gasteiger partial charge is 0.240 e. The fraction of sp³-hybridized carbons (Fsp3) is 0.364. The SMILES string of the molecule is CC[C@H](C)NS(=O)(=O)c1ccc(NC(=O)[C@H]2CC(=O)N(c3ccc(OC)cc3)C2)cc1. The minimum Gasteiger partial charge on any atom is -0.497 e. The average molecular weight is 446 g/mol. The summed E-state index contributed by atoms with van der Waals surface area (Å²) in [4.78, 5) is 26.8. The Balaban J connectivity index is 1.63. The number of carbonyl (C=O) groups is 2. The van der Waals surface area contributed by atoms with E-state index in [1.165, 1.54) is 12.1 Å². The number of anilines is 2. The number of hydrogen-bond donors (Lipinski definition) is 2. The van der Waals surface area contributed by atoms with Crippen LogP contribution in [0.4, 0.5) is 11.4 Å². The first-order chi connectivity index (χ1) is 14.7. The summed E-state index contributed by atoms with van der Waals surface area (Å²) in [5, 5.41) is 2.77. The van der Waals surface area contributed by atoms with Crippen molar-refractivity contribution in [2.24, 2.45) is 5.92 Å². The van der Waals surface area contributed by atoms with Crippen molar-refractivity contribution in [2.45, 2.75) is 37.6 Å². The molecule has 0 radical (unpaired) electrons. The molecule has 2 N–H and O–H groups in total. The molecular formula is C22H27N3O5S. The Morgan fingerprint density at radius 2 is 1.81 bits per heavy atom. The Labute approximate surface area is 182 Å². The summed E-state index contributed by atoms with van der Waals surface area (Å²) in [6.07, 6.45) is 0.796. The van der Waals surface area contributed by atoms with Crippen LogP contribution in [-0.4, -0.2) is 39.9 Å². The summed E-state index contributed by atoms with van der Waals surface area (Å²) >= 11 is 0. The van der Waals surface area contributed by atoms with Crippen LogP contribution >= 0.6 is 0 Å². The molecule has 1 fully saturated rings. The zero-order valence-electron chi connectivity index (χ0n) is 17.8. The highest BCUT2D eigenvalue weighted by Crippen LogP contribution is 2.27. The number of ether oxygens (including phenoxy) is 1. The second kappa shape index (κ2) is 9.49. The minimum atomic E-state index is -3.61. The molecule has 2 aromatic carbocycles. The lowest BCUT2D eigenvalue weighted by Gasteiger charge is -2.17. The van der Waals surface area contributed by atoms with Crippen molar-refractivity contribution in [3.8, 4) is 5.75 Å². The van der Waals surface area contributed by atoms with Gasteiger partial charge in [-0.25, -0.2) is 13.1 Å². The monoisotopic (exact) mass is 445 g/mol. The Bertz CT molecular complexity index is 1040. The van der Waals surface area contributed by atoms with Crippen molar-refractivity contribution >= 4 is 33.2 Å². The van der Waals surface area contributed by atoms with Crippen molar-refractivity contribution in [1.29, 1.82) is 0 Å². The van der Waals surface area contributed by atoms with Gasteiger partial charge < -0.3 is 15.0 Å². The van der Waals surface area contributed by atoms with Crippen LogP contribution in [0.2, 0.25) is 0 Å². The van der Waals surface area contributed by atoms with E-state index in [1.807, 2.05) is 6.92 Å². The van der Waals surface area contributed by atoms with Gasteiger partial charge >= 0.3 is 0 Å². The second-order valence-corrected chi connectivity index (χ2v) is 9.26. The van der Waals surface area contributed by atoms with Gasteiger partial charge in [-0.05, 0) is 61.9 Å². The van der Waals surface area contributed by atoms with E-state index in [9.17, 15) is 18.0 Å². The van der Waals surface area contributed by atoms with E-state index in [2.05, 4.69) is 10.0 Å². The number of hydrogen-bond acceptors (Lipinski definition) is 5. The third kappa shape index (κ3) is 5.42. The van der Waals surface area contributed by atoms with E-state index < -0.39 is 15.9 Å². The second-order valence-electron chi connectivity index (χ2n) is 7.55. The molecule has 1 saturated heterocycles. The maximum absolute atomic E-state index is 12.7. The van der Waals surface area contributed by atoms with Crippen LogP contribution in [-0.2, 0) is 19.6 Å². The first-order valence-electron chi connectivity index (χ1n) is 10.1. The largest absolute Gasteiger partial charge is 0.497 e. The van der Waals surface area contributed by atoms with Gasteiger partial charge in [0.05, 0.1) is 17.9 Å². The first kappa shape index (κ1) is 22.8. The molecule has 2 atom stereocenters. The zero-order chi connectivity index (χ0) is 22.6. The highest BCUT2D eigenvalue weighted by atomic mass is 32.2. The molecule has 1 heterocycles. The average Bonchev–Trinajstić information content (AvgIpc) is 3.15. The predicted octanol–water partition coefficient (Wildman–Crippen LogP) is 2.76. The summed E-state index contributed by atoms with van der Waals surface area (Å²) in [6.45, 7) is 3.97. The van der Waals surface area contributed by atoms with E-state index in [1.54, 1.807) is 55.3 Å². The Morgan fingerprint density at radius 1 is 1.16 bits per heavy atom. The number of rotatable bonds is 8. The van der Waals surface area contributed by atoms with Gasteiger partial charge in [-0.2, -0.15) is 0 Å². The molecule has 1 aliphatic heterocycles. The maximum atomic E-state index is 12.7. The number of sulfonamides is 1. The minimum absolute atomic E-state index is 0.114. The molecule has 3 rings (SSSR count). The number of methoxy groups -OCH3 is 1. The number of carbonyl (C=O) groups excluding carboxylic acids is 2. The maximum Gasteiger partial charge on any atom is 0.240 e. The van der Waals surface area contributed by atoms with Crippen LogP contribution in [0.1, 0.15) is 26.7 Å². The molecule has 0 aliphatic carbocycles. The number of nitrogens with zero attached hydrogens (tertiary/aromatic N) is 1. The van der Waals surface area contributed by atoms with Gasteiger partial charge in [0.2, 0.25) is 21.8 Å². The van der Waals surface area contributed by atoms with Crippen molar-refractivity contribution in [3.05, 3.63) is 48.5 Å². The van der Waals surface area contributed by atoms with E-state index in [4.69, 9.17) is 4.74 Å². The lowest BCUT2D eigenvalue weighted by molar-refractivity contribution is -0.122. The molecule has 166 valence electrons. The summed E-state index contributed by atoms with van der Waals surface area (Å²) in [6, 6.07) is 12.9. The van der Waals surface area contributed by atoms with Crippen LogP contribution in [0.3, 0.4) is 0 Å². The summed E-state index contributed by atoms with van der Waals surface area (Å²) in [5.74, 6) is -0.208. The van der Waals surface area contributed by atoms with Crippen LogP contribution in [0, 0.1) is 5.92 Å². The zero-order valence-corrected chi connectivity index (χ0v) is 18.6. The molecule has 0 saturated carbocycles. The molecule has 0 spiro atoms. The topological polar surface area (TPSA) is 105 Å². The van der Waals surface area contributed by atoms with Crippen LogP contribution in [0.25, 0.3) is 0 Å². The van der Waals surface area contributed by atoms with Crippen LogP contribution in [0.5, 0.6) is 5.75 Å². The normalized spacial score (nSPS) is 17.5. The van der Waals surface area contributed by atoms with Gasteiger partial charge in [-0.3, -0.25) is 9.59 Å². The van der Waals surface area contributed by atoms with E-state index in [-0.39, 0.29) is 35.7 Å². The molecule has 2 aromatic rings. The van der Waals surface area contributed by atoms with Gasteiger partial charge in [0.15, 0.2) is 0 Å². The van der Waals surface area contributed by atoms with Crippen molar-refractivity contribution < 1.29 is 22.7 Å². The van der Waals surface area contributed by atoms with Crippen LogP contribution in [0.15, 0.2) is 53.4 Å². The lowest BCUT2D eigenvalue weighted by atomic mass is 10.1. The molecule has 8 nitrogen and oxygen atoms in total. The van der Waals surface area contributed by atoms with Crippen molar-refractivity contribution in [3.63, 3.8) is 0 Å². The van der Waals surface area contributed by atoms with Crippen molar-refractivity contribution in [1.82, 2.24) is 4.72 Å². The van der Waals surface area contributed by atoms with Gasteiger partial charge in [-0.1, -0.05) is 6.92 Å². The molecular weight excluding hydrogens is 418 g/mol. The van der Waals surface area contributed by atoms with E-state index in [0.717, 1.165) is 0 Å². The number of nitrogens with one attached hydrogen (secondary N) is 2. The summed E-state index contributed by atoms with van der Waals surface area (Å²) < 4.78 is 32.4. The number of benzene rings is 2. The molecule has 1 aliphatic rings. The molecule has 0 aromatic heterocycles. The third-order valence-corrected chi connectivity index (χ3v) is 6.89. The van der Waals surface area contributed by atoms with Crippen molar-refractivity contribution in [2.75, 3.05) is 23.9 Å². The van der Waals surface area contributed by atoms with E-state index in [0.29, 0.717) is 23.5 Å². The predicted molar refractivity (Wildman–Crippen MR) is 119 cm³/mol. The molecule has 31 heavy (non-hydrogen) atoms.